The lowest BCUT2D eigenvalue weighted by Crippen LogP contribution is -2.27. The normalized spacial score (nSPS) is 11.7. The zero-order valence-electron chi connectivity index (χ0n) is 20.8. The van der Waals surface area contributed by atoms with E-state index >= 15 is 0 Å². The summed E-state index contributed by atoms with van der Waals surface area (Å²) in [7, 11) is 0. The van der Waals surface area contributed by atoms with Gasteiger partial charge in [0, 0.05) is 2.85 Å². The average Bonchev–Trinajstić information content (AvgIpc) is 2.72. The molecular weight excluding hydrogens is 352 g/mol. The smallest absolute Gasteiger partial charge is 0.0930 e. The number of nitrogens with two attached hydrogens (primary N) is 2. The molecule has 0 aromatic heterocycles. The van der Waals surface area contributed by atoms with Crippen molar-refractivity contribution in [1.82, 2.24) is 0 Å². The molecule has 0 bridgehead atoms. The first-order valence-electron chi connectivity index (χ1n) is 13.3. The molecule has 0 fully saturated rings. The Morgan fingerprint density at radius 3 is 1.17 bits per heavy atom. The molecule has 0 aliphatic heterocycles. The number of allylic oxidation sites excluding steroid dienone is 1. The molecule has 0 radical (unpaired) electrons. The Balaban J connectivity index is -0.00000392. The lowest BCUT2D eigenvalue weighted by atomic mass is 9.70. The molecule has 0 aliphatic rings. The summed E-state index contributed by atoms with van der Waals surface area (Å²) < 4.78 is 0. The Morgan fingerprint density at radius 2 is 0.897 bits per heavy atom. The highest BCUT2D eigenvalue weighted by atomic mass is 14.8. The first kappa shape index (κ1) is 28.3. The zero-order valence-corrected chi connectivity index (χ0v) is 20.8. The van der Waals surface area contributed by atoms with Gasteiger partial charge in [0.25, 0.3) is 0 Å². The molecular formula is C27H60N2. The van der Waals surface area contributed by atoms with Crippen molar-refractivity contribution in [3.8, 4) is 0 Å². The monoisotopic (exact) mass is 412 g/mol. The van der Waals surface area contributed by atoms with E-state index in [-0.39, 0.29) is 8.27 Å². The van der Waals surface area contributed by atoms with Gasteiger partial charge in [-0.3, -0.25) is 0 Å². The third kappa shape index (κ3) is 13.3. The third-order valence-electron chi connectivity index (χ3n) is 7.20. The van der Waals surface area contributed by atoms with Crippen molar-refractivity contribution in [2.75, 3.05) is 0 Å². The molecule has 2 heteroatoms. The third-order valence-corrected chi connectivity index (χ3v) is 7.20. The van der Waals surface area contributed by atoms with Gasteiger partial charge in [0.15, 0.2) is 0 Å². The van der Waals surface area contributed by atoms with Gasteiger partial charge in [0.05, 0.1) is 5.82 Å². The van der Waals surface area contributed by atoms with E-state index in [1.165, 1.54) is 115 Å². The van der Waals surface area contributed by atoms with Crippen molar-refractivity contribution in [1.29, 1.82) is 0 Å². The maximum absolute atomic E-state index is 6.00. The van der Waals surface area contributed by atoms with Crippen LogP contribution in [0, 0.1) is 5.41 Å². The Bertz CT molecular complexity index is 389. The highest BCUT2D eigenvalue weighted by Gasteiger charge is 2.30. The minimum atomic E-state index is 0. The van der Waals surface area contributed by atoms with Crippen LogP contribution in [0.2, 0.25) is 0 Å². The molecule has 0 unspecified atom stereocenters. The summed E-state index contributed by atoms with van der Waals surface area (Å²) in [4.78, 5) is 0. The Labute approximate surface area is 187 Å². The van der Waals surface area contributed by atoms with E-state index in [0.29, 0.717) is 5.82 Å². The molecule has 0 rings (SSSR count). The molecule has 29 heavy (non-hydrogen) atoms. The SMILES string of the molecule is CCCCCCCCCCCCCCCCCCC(CC)(CC)C(CC)=C(N)N.[HH].[HH]. The fraction of sp³-hybridized carbons (Fsp3) is 0.926. The standard InChI is InChI=1S/C27H56N2.2H2/c1-5-9-10-11-12-13-14-15-16-17-18-19-20-21-22-23-24-27(7-3,8-4)25(6-2)26(28)29;;/h5-24,28-29H2,1-4H3;2*1H. The molecule has 4 N–H and O–H groups in total. The predicted octanol–water partition coefficient (Wildman–Crippen LogP) is 9.48. The van der Waals surface area contributed by atoms with E-state index in [2.05, 4.69) is 27.7 Å². The molecule has 0 heterocycles. The first-order chi connectivity index (χ1) is 14.1. The molecule has 2 nitrogen and oxygen atoms in total. The van der Waals surface area contributed by atoms with Crippen LogP contribution in [0.5, 0.6) is 0 Å². The quantitative estimate of drug-likeness (QED) is 0.184. The van der Waals surface area contributed by atoms with Crippen LogP contribution >= 0.6 is 0 Å². The van der Waals surface area contributed by atoms with Crippen LogP contribution in [0.25, 0.3) is 0 Å². The van der Waals surface area contributed by atoms with Gasteiger partial charge < -0.3 is 11.5 Å². The van der Waals surface area contributed by atoms with E-state index in [9.17, 15) is 0 Å². The van der Waals surface area contributed by atoms with Gasteiger partial charge in [0.2, 0.25) is 0 Å². The van der Waals surface area contributed by atoms with Crippen LogP contribution < -0.4 is 11.5 Å². The molecule has 0 aromatic carbocycles. The van der Waals surface area contributed by atoms with Crippen molar-refractivity contribution in [3.63, 3.8) is 0 Å². The van der Waals surface area contributed by atoms with Crippen molar-refractivity contribution in [2.24, 2.45) is 16.9 Å². The van der Waals surface area contributed by atoms with Gasteiger partial charge in [-0.05, 0) is 36.7 Å². The van der Waals surface area contributed by atoms with E-state index in [1.54, 1.807) is 0 Å². The van der Waals surface area contributed by atoms with Crippen LogP contribution in [0.1, 0.15) is 159 Å². The van der Waals surface area contributed by atoms with Gasteiger partial charge in [-0.2, -0.15) is 0 Å². The summed E-state index contributed by atoms with van der Waals surface area (Å²) in [5, 5.41) is 0. The summed E-state index contributed by atoms with van der Waals surface area (Å²) >= 11 is 0. The molecule has 0 aromatic rings. The maximum Gasteiger partial charge on any atom is 0.0930 e. The lowest BCUT2D eigenvalue weighted by molar-refractivity contribution is 0.277. The zero-order chi connectivity index (χ0) is 21.8. The van der Waals surface area contributed by atoms with Crippen molar-refractivity contribution in [2.45, 2.75) is 156 Å². The fourth-order valence-corrected chi connectivity index (χ4v) is 5.08. The molecule has 0 spiro atoms. The minimum absolute atomic E-state index is 0. The lowest BCUT2D eigenvalue weighted by Gasteiger charge is -2.35. The van der Waals surface area contributed by atoms with Crippen LogP contribution in [-0.2, 0) is 0 Å². The van der Waals surface area contributed by atoms with Gasteiger partial charge >= 0.3 is 0 Å². The van der Waals surface area contributed by atoms with Crippen molar-refractivity contribution >= 4 is 0 Å². The van der Waals surface area contributed by atoms with Crippen LogP contribution in [0.3, 0.4) is 0 Å². The van der Waals surface area contributed by atoms with Gasteiger partial charge in [-0.25, -0.2) is 0 Å². The fourth-order valence-electron chi connectivity index (χ4n) is 5.08. The summed E-state index contributed by atoms with van der Waals surface area (Å²) in [5.41, 5.74) is 13.6. The highest BCUT2D eigenvalue weighted by molar-refractivity contribution is 5.18. The molecule has 0 amide bonds. The molecule has 0 atom stereocenters. The van der Waals surface area contributed by atoms with Crippen molar-refractivity contribution < 1.29 is 2.85 Å². The average molecular weight is 413 g/mol. The summed E-state index contributed by atoms with van der Waals surface area (Å²) in [6, 6.07) is 0. The molecule has 0 saturated heterocycles. The van der Waals surface area contributed by atoms with E-state index in [0.717, 1.165) is 19.3 Å². The van der Waals surface area contributed by atoms with Gasteiger partial charge in [-0.15, -0.1) is 0 Å². The number of rotatable bonds is 21. The number of hydrogen-bond acceptors (Lipinski definition) is 2. The van der Waals surface area contributed by atoms with Crippen LogP contribution in [-0.4, -0.2) is 0 Å². The summed E-state index contributed by atoms with van der Waals surface area (Å²) in [6.07, 6.45) is 27.4. The predicted molar refractivity (Wildman–Crippen MR) is 137 cm³/mol. The Kier molecular flexibility index (Phi) is 18.9. The maximum atomic E-state index is 6.00. The number of unbranched alkanes of at least 4 members (excludes halogenated alkanes) is 15. The van der Waals surface area contributed by atoms with Gasteiger partial charge in [0.1, 0.15) is 0 Å². The Morgan fingerprint density at radius 1 is 0.552 bits per heavy atom. The second-order valence-corrected chi connectivity index (χ2v) is 9.33. The van der Waals surface area contributed by atoms with Crippen LogP contribution in [0.4, 0.5) is 0 Å². The van der Waals surface area contributed by atoms with E-state index in [4.69, 9.17) is 11.5 Å². The first-order valence-corrected chi connectivity index (χ1v) is 13.3. The minimum Gasteiger partial charge on any atom is -0.386 e. The second kappa shape index (κ2) is 19.3. The topological polar surface area (TPSA) is 52.0 Å². The van der Waals surface area contributed by atoms with Crippen LogP contribution in [0.15, 0.2) is 11.4 Å². The van der Waals surface area contributed by atoms with Gasteiger partial charge in [-0.1, -0.05) is 130 Å². The molecule has 0 aliphatic carbocycles. The molecule has 0 saturated carbocycles. The second-order valence-electron chi connectivity index (χ2n) is 9.33. The Hall–Kier alpha value is -0.660. The largest absolute Gasteiger partial charge is 0.386 e. The van der Waals surface area contributed by atoms with Crippen molar-refractivity contribution in [3.05, 3.63) is 11.4 Å². The summed E-state index contributed by atoms with van der Waals surface area (Å²) in [6.45, 7) is 9.09. The van der Waals surface area contributed by atoms with E-state index in [1.807, 2.05) is 0 Å². The number of hydrogen-bond donors (Lipinski definition) is 2. The van der Waals surface area contributed by atoms with E-state index < -0.39 is 0 Å². The highest BCUT2D eigenvalue weighted by Crippen LogP contribution is 2.42. The summed E-state index contributed by atoms with van der Waals surface area (Å²) in [5.74, 6) is 0.577. The molecule has 178 valence electrons.